The SMILES string of the molecule is Cc1ccc(CNC(=O)C(C)n2nc(-c3ccc(F)cc3)oc2=O)cc1. The van der Waals surface area contributed by atoms with Gasteiger partial charge in [0.05, 0.1) is 0 Å². The summed E-state index contributed by atoms with van der Waals surface area (Å²) in [6.45, 7) is 3.89. The van der Waals surface area contributed by atoms with Crippen LogP contribution in [-0.4, -0.2) is 15.7 Å². The third-order valence-corrected chi connectivity index (χ3v) is 3.99. The van der Waals surface area contributed by atoms with Crippen LogP contribution in [-0.2, 0) is 11.3 Å². The van der Waals surface area contributed by atoms with Crippen LogP contribution in [0.15, 0.2) is 57.7 Å². The van der Waals surface area contributed by atoms with Gasteiger partial charge >= 0.3 is 5.76 Å². The molecule has 134 valence electrons. The average Bonchev–Trinajstić information content (AvgIpc) is 3.02. The molecule has 0 aliphatic rings. The molecule has 1 aromatic heterocycles. The summed E-state index contributed by atoms with van der Waals surface area (Å²) in [5, 5.41) is 6.82. The Morgan fingerprint density at radius 3 is 2.50 bits per heavy atom. The van der Waals surface area contributed by atoms with Gasteiger partial charge in [0.2, 0.25) is 11.8 Å². The molecular weight excluding hydrogens is 337 g/mol. The number of aryl methyl sites for hydroxylation is 1. The summed E-state index contributed by atoms with van der Waals surface area (Å²) in [4.78, 5) is 24.3. The molecule has 0 bridgehead atoms. The fourth-order valence-corrected chi connectivity index (χ4v) is 2.40. The van der Waals surface area contributed by atoms with Crippen LogP contribution in [0, 0.1) is 12.7 Å². The highest BCUT2D eigenvalue weighted by Crippen LogP contribution is 2.16. The largest absolute Gasteiger partial charge is 0.438 e. The molecule has 1 amide bonds. The van der Waals surface area contributed by atoms with Crippen molar-refractivity contribution in [3.05, 3.63) is 76.0 Å². The Labute approximate surface area is 149 Å². The minimum absolute atomic E-state index is 0.0354. The summed E-state index contributed by atoms with van der Waals surface area (Å²) in [6.07, 6.45) is 0. The maximum absolute atomic E-state index is 13.0. The first kappa shape index (κ1) is 17.6. The highest BCUT2D eigenvalue weighted by molar-refractivity contribution is 5.79. The van der Waals surface area contributed by atoms with E-state index in [1.165, 1.54) is 24.3 Å². The van der Waals surface area contributed by atoms with Crippen molar-refractivity contribution in [2.45, 2.75) is 26.4 Å². The molecule has 1 unspecified atom stereocenters. The van der Waals surface area contributed by atoms with Crippen molar-refractivity contribution in [1.82, 2.24) is 15.1 Å². The Hall–Kier alpha value is -3.22. The zero-order valence-corrected chi connectivity index (χ0v) is 14.4. The molecule has 0 saturated carbocycles. The van der Waals surface area contributed by atoms with Crippen molar-refractivity contribution in [3.63, 3.8) is 0 Å². The number of amides is 1. The summed E-state index contributed by atoms with van der Waals surface area (Å²) >= 11 is 0. The Balaban J connectivity index is 1.71. The molecule has 1 heterocycles. The fourth-order valence-electron chi connectivity index (χ4n) is 2.40. The van der Waals surface area contributed by atoms with E-state index in [2.05, 4.69) is 10.4 Å². The van der Waals surface area contributed by atoms with E-state index < -0.39 is 17.6 Å². The second kappa shape index (κ2) is 7.35. The van der Waals surface area contributed by atoms with Crippen LogP contribution in [0.1, 0.15) is 24.1 Å². The quantitative estimate of drug-likeness (QED) is 0.763. The molecule has 3 rings (SSSR count). The van der Waals surface area contributed by atoms with Crippen molar-refractivity contribution in [2.75, 3.05) is 0 Å². The number of benzene rings is 2. The van der Waals surface area contributed by atoms with Crippen LogP contribution in [0.5, 0.6) is 0 Å². The number of hydrogen-bond donors (Lipinski definition) is 1. The van der Waals surface area contributed by atoms with Crippen LogP contribution in [0.4, 0.5) is 4.39 Å². The maximum atomic E-state index is 13.0. The molecule has 26 heavy (non-hydrogen) atoms. The summed E-state index contributed by atoms with van der Waals surface area (Å²) in [5.74, 6) is -1.47. The number of aromatic nitrogens is 2. The van der Waals surface area contributed by atoms with E-state index in [4.69, 9.17) is 4.42 Å². The van der Waals surface area contributed by atoms with Gasteiger partial charge in [0, 0.05) is 12.1 Å². The molecule has 0 saturated heterocycles. The Morgan fingerprint density at radius 2 is 1.85 bits per heavy atom. The Kier molecular flexibility index (Phi) is 4.97. The maximum Gasteiger partial charge on any atom is 0.438 e. The van der Waals surface area contributed by atoms with Gasteiger partial charge < -0.3 is 9.73 Å². The highest BCUT2D eigenvalue weighted by atomic mass is 19.1. The van der Waals surface area contributed by atoms with Crippen molar-refractivity contribution < 1.29 is 13.6 Å². The number of nitrogens with zero attached hydrogens (tertiary/aromatic N) is 2. The smallest absolute Gasteiger partial charge is 0.388 e. The van der Waals surface area contributed by atoms with Gasteiger partial charge in [0.1, 0.15) is 11.9 Å². The lowest BCUT2D eigenvalue weighted by Gasteiger charge is -2.11. The third-order valence-electron chi connectivity index (χ3n) is 3.99. The van der Waals surface area contributed by atoms with Crippen LogP contribution in [0.2, 0.25) is 0 Å². The van der Waals surface area contributed by atoms with Gasteiger partial charge in [-0.2, -0.15) is 4.68 Å². The monoisotopic (exact) mass is 355 g/mol. The molecule has 3 aromatic rings. The number of carbonyl (C=O) groups is 1. The standard InChI is InChI=1S/C19H18FN3O3/c1-12-3-5-14(6-4-12)11-21-17(24)13(2)23-19(25)26-18(22-23)15-7-9-16(20)10-8-15/h3-10,13H,11H2,1-2H3,(H,21,24). The molecule has 0 aliphatic heterocycles. The molecule has 7 heteroatoms. The van der Waals surface area contributed by atoms with E-state index in [9.17, 15) is 14.0 Å². The summed E-state index contributed by atoms with van der Waals surface area (Å²) < 4.78 is 19.1. The number of carbonyl (C=O) groups excluding carboxylic acids is 1. The normalized spacial score (nSPS) is 12.0. The summed E-state index contributed by atoms with van der Waals surface area (Å²) in [6, 6.07) is 12.3. The molecule has 0 fully saturated rings. The van der Waals surface area contributed by atoms with E-state index in [-0.39, 0.29) is 11.8 Å². The first-order chi connectivity index (χ1) is 12.4. The van der Waals surface area contributed by atoms with Crippen LogP contribution in [0.3, 0.4) is 0 Å². The van der Waals surface area contributed by atoms with Crippen molar-refractivity contribution in [3.8, 4) is 11.5 Å². The zero-order chi connectivity index (χ0) is 18.7. The molecule has 6 nitrogen and oxygen atoms in total. The number of hydrogen-bond acceptors (Lipinski definition) is 4. The Bertz CT molecular complexity index is 959. The van der Waals surface area contributed by atoms with E-state index in [1.807, 2.05) is 31.2 Å². The second-order valence-electron chi connectivity index (χ2n) is 6.00. The van der Waals surface area contributed by atoms with E-state index in [1.54, 1.807) is 6.92 Å². The topological polar surface area (TPSA) is 77.1 Å². The summed E-state index contributed by atoms with van der Waals surface area (Å²) in [5.41, 5.74) is 2.54. The van der Waals surface area contributed by atoms with Crippen molar-refractivity contribution >= 4 is 5.91 Å². The van der Waals surface area contributed by atoms with E-state index >= 15 is 0 Å². The first-order valence-electron chi connectivity index (χ1n) is 8.13. The summed E-state index contributed by atoms with van der Waals surface area (Å²) in [7, 11) is 0. The lowest BCUT2D eigenvalue weighted by Crippen LogP contribution is -2.34. The predicted octanol–water partition coefficient (Wildman–Crippen LogP) is 2.83. The molecule has 0 aliphatic carbocycles. The molecule has 1 N–H and O–H groups in total. The lowest BCUT2D eigenvalue weighted by molar-refractivity contribution is -0.124. The van der Waals surface area contributed by atoms with Crippen molar-refractivity contribution in [1.29, 1.82) is 0 Å². The van der Waals surface area contributed by atoms with Gasteiger partial charge in [0.25, 0.3) is 0 Å². The second-order valence-corrected chi connectivity index (χ2v) is 6.00. The average molecular weight is 355 g/mol. The Morgan fingerprint density at radius 1 is 1.19 bits per heavy atom. The van der Waals surface area contributed by atoms with Crippen molar-refractivity contribution in [2.24, 2.45) is 0 Å². The van der Waals surface area contributed by atoms with Gasteiger partial charge in [-0.15, -0.1) is 5.10 Å². The lowest BCUT2D eigenvalue weighted by atomic mass is 10.1. The molecule has 1 atom stereocenters. The highest BCUT2D eigenvalue weighted by Gasteiger charge is 2.21. The van der Waals surface area contributed by atoms with E-state index in [0.717, 1.165) is 15.8 Å². The first-order valence-corrected chi connectivity index (χ1v) is 8.13. The van der Waals surface area contributed by atoms with Gasteiger partial charge in [0.15, 0.2) is 0 Å². The van der Waals surface area contributed by atoms with E-state index in [0.29, 0.717) is 12.1 Å². The predicted molar refractivity (Wildman–Crippen MR) is 93.9 cm³/mol. The number of halogens is 1. The third kappa shape index (κ3) is 3.88. The van der Waals surface area contributed by atoms with Gasteiger partial charge in [-0.3, -0.25) is 4.79 Å². The molecule has 0 spiro atoms. The minimum atomic E-state index is -0.842. The molecular formula is C19H18FN3O3. The van der Waals surface area contributed by atoms with Gasteiger partial charge in [-0.05, 0) is 43.7 Å². The van der Waals surface area contributed by atoms with Crippen LogP contribution >= 0.6 is 0 Å². The van der Waals surface area contributed by atoms with Crippen LogP contribution < -0.4 is 11.1 Å². The molecule has 2 aromatic carbocycles. The fraction of sp³-hybridized carbons (Fsp3) is 0.211. The van der Waals surface area contributed by atoms with Gasteiger partial charge in [-0.1, -0.05) is 29.8 Å². The molecule has 0 radical (unpaired) electrons. The minimum Gasteiger partial charge on any atom is -0.388 e. The zero-order valence-electron chi connectivity index (χ0n) is 14.4. The number of nitrogens with one attached hydrogen (secondary N) is 1. The van der Waals surface area contributed by atoms with Crippen LogP contribution in [0.25, 0.3) is 11.5 Å². The number of rotatable bonds is 5. The van der Waals surface area contributed by atoms with Gasteiger partial charge in [-0.25, -0.2) is 9.18 Å².